The molecular weight excluding hydrogens is 443 g/mol. The van der Waals surface area contributed by atoms with Crippen LogP contribution in [0.5, 0.6) is 23.0 Å². The third-order valence-corrected chi connectivity index (χ3v) is 4.53. The van der Waals surface area contributed by atoms with E-state index in [1.807, 2.05) is 0 Å². The number of carboxylic acids is 1. The summed E-state index contributed by atoms with van der Waals surface area (Å²) in [6.07, 6.45) is 7.18. The van der Waals surface area contributed by atoms with Gasteiger partial charge in [-0.3, -0.25) is 14.8 Å². The molecule has 1 aliphatic rings. The number of phenolic OH excluding ortho intramolecular Hbond substituents is 4. The fourth-order valence-corrected chi connectivity index (χ4v) is 3.07. The van der Waals surface area contributed by atoms with Gasteiger partial charge >= 0.3 is 0 Å². The van der Waals surface area contributed by atoms with Gasteiger partial charge < -0.3 is 25.5 Å². The molecule has 167 valence electrons. The molecular formula is C22H26MnN2O6. The van der Waals surface area contributed by atoms with E-state index in [0.29, 0.717) is 11.1 Å². The van der Waals surface area contributed by atoms with Crippen molar-refractivity contribution in [2.24, 2.45) is 9.98 Å². The number of hydrogen-bond donors (Lipinski definition) is 5. The molecule has 2 aromatic rings. The molecule has 0 heterocycles. The second-order valence-electron chi connectivity index (χ2n) is 6.98. The summed E-state index contributed by atoms with van der Waals surface area (Å²) in [5.41, 5.74) is 1.10. The average Bonchev–Trinajstić information content (AvgIpc) is 2.67. The molecule has 31 heavy (non-hydrogen) atoms. The molecule has 2 unspecified atom stereocenters. The van der Waals surface area contributed by atoms with Crippen LogP contribution in [-0.4, -0.2) is 56.0 Å². The maximum atomic E-state index is 9.86. The predicted octanol–water partition coefficient (Wildman–Crippen LogP) is 3.45. The summed E-state index contributed by atoms with van der Waals surface area (Å²) in [5, 5.41) is 45.9. The van der Waals surface area contributed by atoms with Crippen molar-refractivity contribution in [2.45, 2.75) is 44.7 Å². The topological polar surface area (TPSA) is 143 Å². The normalized spacial score (nSPS) is 18.2. The van der Waals surface area contributed by atoms with Gasteiger partial charge in [0.2, 0.25) is 0 Å². The number of carboxylic acid groups (broad SMARTS) is 1. The number of rotatable bonds is 4. The van der Waals surface area contributed by atoms with Gasteiger partial charge in [0, 0.05) is 59.7 Å². The van der Waals surface area contributed by atoms with Crippen LogP contribution in [0.3, 0.4) is 0 Å². The standard InChI is InChI=1S/C20H22N2O4.C2H4O2.Mn/c23-15-7-5-13(19(25)9-15)11-21-17-3-1-2-4-18(17)22-12-14-6-8-16(24)10-20(14)26;1-2(3)4;/h5-12,17-18,23-26H,1-4H2;1H3,(H,3,4);. The van der Waals surface area contributed by atoms with Crippen molar-refractivity contribution in [1.29, 1.82) is 0 Å². The van der Waals surface area contributed by atoms with E-state index in [2.05, 4.69) is 9.98 Å². The van der Waals surface area contributed by atoms with Gasteiger partial charge in [-0.2, -0.15) is 0 Å². The van der Waals surface area contributed by atoms with E-state index >= 15 is 0 Å². The summed E-state index contributed by atoms with van der Waals surface area (Å²) >= 11 is 0. The number of aromatic hydroxyl groups is 4. The number of aliphatic imine (C=N–C) groups is 2. The summed E-state index contributed by atoms with van der Waals surface area (Å²) in [6, 6.07) is 8.79. The fourth-order valence-electron chi connectivity index (χ4n) is 3.07. The zero-order valence-corrected chi connectivity index (χ0v) is 18.2. The molecule has 0 saturated heterocycles. The molecule has 0 aliphatic heterocycles. The van der Waals surface area contributed by atoms with E-state index in [1.54, 1.807) is 24.6 Å². The van der Waals surface area contributed by atoms with Gasteiger partial charge in [-0.15, -0.1) is 0 Å². The maximum Gasteiger partial charge on any atom is 0.300 e. The zero-order chi connectivity index (χ0) is 22.1. The van der Waals surface area contributed by atoms with Gasteiger partial charge in [-0.1, -0.05) is 12.8 Å². The number of hydrogen-bond acceptors (Lipinski definition) is 7. The van der Waals surface area contributed by atoms with Gasteiger partial charge in [-0.25, -0.2) is 0 Å². The van der Waals surface area contributed by atoms with Crippen LogP contribution in [0.25, 0.3) is 0 Å². The Morgan fingerprint density at radius 1 is 0.839 bits per heavy atom. The van der Waals surface area contributed by atoms with E-state index in [0.717, 1.165) is 32.6 Å². The first-order valence-corrected chi connectivity index (χ1v) is 9.56. The second-order valence-corrected chi connectivity index (χ2v) is 6.98. The molecule has 3 rings (SSSR count). The van der Waals surface area contributed by atoms with Crippen molar-refractivity contribution >= 4 is 18.4 Å². The average molecular weight is 469 g/mol. The number of benzene rings is 2. The van der Waals surface area contributed by atoms with Crippen LogP contribution in [0, 0.1) is 0 Å². The summed E-state index contributed by atoms with van der Waals surface area (Å²) in [5.74, 6) is -0.848. The summed E-state index contributed by atoms with van der Waals surface area (Å²) in [4.78, 5) is 18.2. The van der Waals surface area contributed by atoms with Crippen molar-refractivity contribution in [3.63, 3.8) is 0 Å². The van der Waals surface area contributed by atoms with E-state index < -0.39 is 5.97 Å². The number of phenols is 4. The Kier molecular flexibility index (Phi) is 10.6. The van der Waals surface area contributed by atoms with E-state index in [-0.39, 0.29) is 52.2 Å². The second kappa shape index (κ2) is 12.6. The maximum absolute atomic E-state index is 9.86. The molecule has 1 radical (unpaired) electrons. The quantitative estimate of drug-likeness (QED) is 0.343. The SMILES string of the molecule is CC(=O)O.Oc1ccc(C=NC2CCCCC2N=Cc2ccc(O)cc2O)c(O)c1.[Mn]. The first kappa shape index (κ1) is 26.0. The van der Waals surface area contributed by atoms with Crippen LogP contribution in [0.15, 0.2) is 46.4 Å². The number of nitrogens with zero attached hydrogens (tertiary/aromatic N) is 2. The first-order valence-electron chi connectivity index (χ1n) is 9.56. The molecule has 0 spiro atoms. The molecule has 1 aliphatic carbocycles. The molecule has 9 heteroatoms. The Hall–Kier alpha value is -3.03. The predicted molar refractivity (Wildman–Crippen MR) is 114 cm³/mol. The molecule has 0 bridgehead atoms. The minimum atomic E-state index is -0.833. The van der Waals surface area contributed by atoms with E-state index in [1.165, 1.54) is 24.3 Å². The summed E-state index contributed by atoms with van der Waals surface area (Å²) in [7, 11) is 0. The smallest absolute Gasteiger partial charge is 0.300 e. The van der Waals surface area contributed by atoms with Crippen LogP contribution in [0.2, 0.25) is 0 Å². The van der Waals surface area contributed by atoms with Gasteiger partial charge in [0.1, 0.15) is 23.0 Å². The van der Waals surface area contributed by atoms with Crippen LogP contribution in [0.1, 0.15) is 43.7 Å². The van der Waals surface area contributed by atoms with Gasteiger partial charge in [0.05, 0.1) is 12.1 Å². The Morgan fingerprint density at radius 2 is 1.19 bits per heavy atom. The van der Waals surface area contributed by atoms with Crippen LogP contribution < -0.4 is 0 Å². The monoisotopic (exact) mass is 469 g/mol. The molecule has 0 aromatic heterocycles. The molecule has 1 saturated carbocycles. The Balaban J connectivity index is 0.000000885. The molecule has 1 fully saturated rings. The van der Waals surface area contributed by atoms with Crippen molar-refractivity contribution < 1.29 is 47.4 Å². The van der Waals surface area contributed by atoms with Crippen LogP contribution >= 0.6 is 0 Å². The Bertz CT molecular complexity index is 859. The minimum absolute atomic E-state index is 0. The van der Waals surface area contributed by atoms with E-state index in [9.17, 15) is 20.4 Å². The van der Waals surface area contributed by atoms with Crippen molar-refractivity contribution in [2.75, 3.05) is 0 Å². The Morgan fingerprint density at radius 3 is 1.52 bits per heavy atom. The molecule has 0 amide bonds. The third kappa shape index (κ3) is 8.70. The fraction of sp³-hybridized carbons (Fsp3) is 0.318. The van der Waals surface area contributed by atoms with Crippen molar-refractivity contribution in [1.82, 2.24) is 0 Å². The molecule has 8 nitrogen and oxygen atoms in total. The zero-order valence-electron chi connectivity index (χ0n) is 17.0. The van der Waals surface area contributed by atoms with Gasteiger partial charge in [0.15, 0.2) is 0 Å². The summed E-state index contributed by atoms with van der Waals surface area (Å²) < 4.78 is 0. The number of aliphatic carboxylic acids is 1. The van der Waals surface area contributed by atoms with Crippen LogP contribution in [0.4, 0.5) is 0 Å². The molecule has 2 aromatic carbocycles. The van der Waals surface area contributed by atoms with Gasteiger partial charge in [0.25, 0.3) is 5.97 Å². The number of carbonyl (C=O) groups is 1. The van der Waals surface area contributed by atoms with Crippen LogP contribution in [-0.2, 0) is 21.9 Å². The first-order chi connectivity index (χ1) is 14.3. The molecule has 2 atom stereocenters. The van der Waals surface area contributed by atoms with Crippen molar-refractivity contribution in [3.8, 4) is 23.0 Å². The third-order valence-electron chi connectivity index (χ3n) is 4.53. The van der Waals surface area contributed by atoms with E-state index in [4.69, 9.17) is 9.90 Å². The summed E-state index contributed by atoms with van der Waals surface area (Å²) in [6.45, 7) is 1.08. The minimum Gasteiger partial charge on any atom is -0.508 e. The Labute approximate surface area is 191 Å². The van der Waals surface area contributed by atoms with Crippen molar-refractivity contribution in [3.05, 3.63) is 47.5 Å². The molecule has 5 N–H and O–H groups in total. The van der Waals surface area contributed by atoms with Gasteiger partial charge in [-0.05, 0) is 37.1 Å². The largest absolute Gasteiger partial charge is 0.508 e.